The molecular weight excluding hydrogens is 733 g/mol. The summed E-state index contributed by atoms with van der Waals surface area (Å²) < 4.78 is 7.62. The number of fused-ring (bicyclic) bond motifs is 9. The predicted octanol–water partition coefficient (Wildman–Crippen LogP) is 13.5. The van der Waals surface area contributed by atoms with Crippen molar-refractivity contribution in [3.63, 3.8) is 0 Å². The Morgan fingerprint density at radius 1 is 0.474 bits per heavy atom. The summed E-state index contributed by atoms with van der Waals surface area (Å²) >= 11 is 3.75. The minimum absolute atomic E-state index is 0.0738. The fourth-order valence-corrected chi connectivity index (χ4v) is 11.2. The van der Waals surface area contributed by atoms with Gasteiger partial charge in [0.2, 0.25) is 0 Å². The maximum Gasteiger partial charge on any atom is 0.131 e. The van der Waals surface area contributed by atoms with Gasteiger partial charge in [-0.05, 0) is 70.8 Å². The van der Waals surface area contributed by atoms with Crippen LogP contribution in [-0.2, 0) is 0 Å². The number of nitrogens with zero attached hydrogens (tertiary/aromatic N) is 2. The van der Waals surface area contributed by atoms with Gasteiger partial charge in [-0.3, -0.25) is 5.32 Å². The molecule has 0 radical (unpaired) electrons. The van der Waals surface area contributed by atoms with Gasteiger partial charge in [-0.25, -0.2) is 4.99 Å². The van der Waals surface area contributed by atoms with E-state index in [1.54, 1.807) is 0 Å². The number of benzene rings is 8. The summed E-state index contributed by atoms with van der Waals surface area (Å²) in [5.74, 6) is 0.894. The van der Waals surface area contributed by atoms with Crippen LogP contribution in [0.1, 0.15) is 29.0 Å². The number of aliphatic imine (C=N–C) groups is 1. The van der Waals surface area contributed by atoms with Gasteiger partial charge >= 0.3 is 0 Å². The number of hydrogen-bond acceptors (Lipinski definition) is 5. The molecule has 0 saturated heterocycles. The van der Waals surface area contributed by atoms with Crippen LogP contribution in [0.4, 0.5) is 0 Å². The molecule has 0 bridgehead atoms. The minimum Gasteiger partial charge on any atom is -0.350 e. The van der Waals surface area contributed by atoms with Gasteiger partial charge in [-0.15, -0.1) is 22.7 Å². The van der Waals surface area contributed by atoms with Gasteiger partial charge in [0.25, 0.3) is 0 Å². The summed E-state index contributed by atoms with van der Waals surface area (Å²) in [6.45, 7) is 0. The van der Waals surface area contributed by atoms with Crippen LogP contribution in [0.5, 0.6) is 0 Å². The standard InChI is InChI=1S/C51H34N4S2/c1-3-13-31(14-4-1)49-52-50(32-15-5-2-6-16-32)54-51(53-49)34-26-28-44-40(29-34)38-27-25-33(30-46(38)56-44)35-19-12-24-45-47(35)39-20-11-23-43(48(39)57-45)55-41-21-9-7-17-36(41)37-18-8-10-22-42(37)55/h1-30,49-50,52H,(H,53,54). The zero-order chi connectivity index (χ0) is 37.5. The molecule has 0 saturated carbocycles. The first-order valence-electron chi connectivity index (χ1n) is 19.4. The zero-order valence-electron chi connectivity index (χ0n) is 30.7. The SMILES string of the molecule is c1ccc(C2N=C(c3ccc4sc5cc(-c6cccc7sc8c(-n9c%10ccccc%10c%10ccccc%109)cccc8c67)ccc5c4c3)NC(c3ccccc3)N2)cc1. The van der Waals surface area contributed by atoms with Gasteiger partial charge < -0.3 is 9.88 Å². The molecule has 2 N–H and O–H groups in total. The lowest BCUT2D eigenvalue weighted by atomic mass is 9.98. The number of rotatable bonds is 5. The quantitative estimate of drug-likeness (QED) is 0.183. The average molecular weight is 767 g/mol. The summed E-state index contributed by atoms with van der Waals surface area (Å²) in [5, 5.41) is 15.1. The van der Waals surface area contributed by atoms with Crippen molar-refractivity contribution in [1.29, 1.82) is 0 Å². The van der Waals surface area contributed by atoms with E-state index in [4.69, 9.17) is 4.99 Å². The van der Waals surface area contributed by atoms with Crippen LogP contribution in [0.3, 0.4) is 0 Å². The third kappa shape index (κ3) is 5.26. The van der Waals surface area contributed by atoms with Crippen molar-refractivity contribution in [3.05, 3.63) is 199 Å². The molecule has 0 aliphatic carbocycles. The van der Waals surface area contributed by atoms with Crippen LogP contribution in [-0.4, -0.2) is 10.4 Å². The second-order valence-electron chi connectivity index (χ2n) is 14.8. The van der Waals surface area contributed by atoms with Crippen LogP contribution in [0.15, 0.2) is 187 Å². The van der Waals surface area contributed by atoms with Gasteiger partial charge in [-0.2, -0.15) is 0 Å². The van der Waals surface area contributed by atoms with E-state index < -0.39 is 0 Å². The van der Waals surface area contributed by atoms with E-state index in [0.29, 0.717) is 0 Å². The summed E-state index contributed by atoms with van der Waals surface area (Å²) in [7, 11) is 0. The Kier molecular flexibility index (Phi) is 7.45. The molecule has 57 heavy (non-hydrogen) atoms. The molecule has 8 aromatic carbocycles. The lowest BCUT2D eigenvalue weighted by molar-refractivity contribution is 0.409. The zero-order valence-corrected chi connectivity index (χ0v) is 32.3. The normalized spacial score (nSPS) is 15.9. The van der Waals surface area contributed by atoms with Gasteiger partial charge in [0.1, 0.15) is 18.2 Å². The smallest absolute Gasteiger partial charge is 0.131 e. The highest BCUT2D eigenvalue weighted by Crippen LogP contribution is 2.45. The van der Waals surface area contributed by atoms with E-state index in [1.165, 1.54) is 84.5 Å². The fraction of sp³-hybridized carbons (Fsp3) is 0.0392. The molecule has 0 amide bonds. The Balaban J connectivity index is 0.964. The third-order valence-corrected chi connectivity index (χ3v) is 13.8. The van der Waals surface area contributed by atoms with E-state index in [-0.39, 0.29) is 12.3 Å². The Labute approximate surface area is 337 Å². The third-order valence-electron chi connectivity index (χ3n) is 11.5. The van der Waals surface area contributed by atoms with E-state index in [9.17, 15) is 0 Å². The molecule has 3 aromatic heterocycles. The number of thiophene rings is 2. The van der Waals surface area contributed by atoms with Gasteiger partial charge in [0.05, 0.1) is 21.4 Å². The lowest BCUT2D eigenvalue weighted by Crippen LogP contribution is -2.44. The summed E-state index contributed by atoms with van der Waals surface area (Å²) in [6.07, 6.45) is -0.241. The molecule has 12 rings (SSSR count). The van der Waals surface area contributed by atoms with Crippen molar-refractivity contribution in [2.45, 2.75) is 12.3 Å². The van der Waals surface area contributed by atoms with Crippen LogP contribution in [0, 0.1) is 0 Å². The highest BCUT2D eigenvalue weighted by molar-refractivity contribution is 7.26. The van der Waals surface area contributed by atoms with Crippen molar-refractivity contribution in [1.82, 2.24) is 15.2 Å². The molecule has 1 aliphatic heterocycles. The first-order valence-corrected chi connectivity index (χ1v) is 21.0. The Morgan fingerprint density at radius 2 is 1.16 bits per heavy atom. The summed E-state index contributed by atoms with van der Waals surface area (Å²) in [4.78, 5) is 5.22. The first-order chi connectivity index (χ1) is 28.2. The van der Waals surface area contributed by atoms with Gasteiger partial charge in [0.15, 0.2) is 0 Å². The Morgan fingerprint density at radius 3 is 1.95 bits per heavy atom. The molecular formula is C51H34N4S2. The van der Waals surface area contributed by atoms with Crippen LogP contribution < -0.4 is 10.6 Å². The predicted molar refractivity (Wildman–Crippen MR) is 243 cm³/mol. The molecule has 270 valence electrons. The molecule has 11 aromatic rings. The molecule has 2 atom stereocenters. The van der Waals surface area contributed by atoms with Crippen LogP contribution in [0.25, 0.3) is 79.0 Å². The molecule has 0 fully saturated rings. The molecule has 4 heterocycles. The number of aromatic nitrogens is 1. The monoisotopic (exact) mass is 766 g/mol. The second-order valence-corrected chi connectivity index (χ2v) is 16.9. The summed E-state index contributed by atoms with van der Waals surface area (Å²) in [6, 6.07) is 66.0. The fourth-order valence-electron chi connectivity index (χ4n) is 8.85. The Hall–Kier alpha value is -6.57. The number of hydrogen-bond donors (Lipinski definition) is 2. The minimum atomic E-state index is -0.168. The van der Waals surface area contributed by atoms with Crippen LogP contribution in [0.2, 0.25) is 0 Å². The van der Waals surface area contributed by atoms with Gasteiger partial charge in [0, 0.05) is 52.0 Å². The van der Waals surface area contributed by atoms with E-state index in [0.717, 1.165) is 17.0 Å². The van der Waals surface area contributed by atoms with Crippen molar-refractivity contribution in [2.24, 2.45) is 4.99 Å². The van der Waals surface area contributed by atoms with E-state index in [1.807, 2.05) is 22.7 Å². The van der Waals surface area contributed by atoms with E-state index in [2.05, 4.69) is 197 Å². The van der Waals surface area contributed by atoms with Crippen molar-refractivity contribution < 1.29 is 0 Å². The van der Waals surface area contributed by atoms with E-state index >= 15 is 0 Å². The summed E-state index contributed by atoms with van der Waals surface area (Å²) in [5.41, 5.74) is 9.61. The number of nitrogens with one attached hydrogen (secondary N) is 2. The molecule has 4 nitrogen and oxygen atoms in total. The highest BCUT2D eigenvalue weighted by atomic mass is 32.1. The van der Waals surface area contributed by atoms with Crippen molar-refractivity contribution in [2.75, 3.05) is 0 Å². The topological polar surface area (TPSA) is 41.4 Å². The maximum atomic E-state index is 5.22. The first kappa shape index (κ1) is 32.7. The van der Waals surface area contributed by atoms with Gasteiger partial charge in [-0.1, -0.05) is 133 Å². The largest absolute Gasteiger partial charge is 0.350 e. The molecule has 6 heteroatoms. The number of para-hydroxylation sites is 2. The highest BCUT2D eigenvalue weighted by Gasteiger charge is 2.26. The average Bonchev–Trinajstić information content (AvgIpc) is 3.96. The second kappa shape index (κ2) is 13.0. The molecule has 2 unspecified atom stereocenters. The maximum absolute atomic E-state index is 5.22. The lowest BCUT2D eigenvalue weighted by Gasteiger charge is -2.32. The number of amidine groups is 1. The van der Waals surface area contributed by atoms with Crippen LogP contribution >= 0.6 is 22.7 Å². The molecule has 1 aliphatic rings. The van der Waals surface area contributed by atoms with Crippen molar-refractivity contribution in [3.8, 4) is 16.8 Å². The van der Waals surface area contributed by atoms with Crippen molar-refractivity contribution >= 4 is 90.7 Å². The Bertz CT molecular complexity index is 3320. The molecule has 0 spiro atoms.